The first-order valence-corrected chi connectivity index (χ1v) is 10.4. The summed E-state index contributed by atoms with van der Waals surface area (Å²) in [5.41, 5.74) is 3.15. The molecule has 7 heteroatoms. The van der Waals surface area contributed by atoms with Crippen LogP contribution in [0.4, 0.5) is 5.69 Å². The second-order valence-electron chi connectivity index (χ2n) is 6.89. The second-order valence-corrected chi connectivity index (χ2v) is 8.18. The van der Waals surface area contributed by atoms with E-state index in [1.54, 1.807) is 18.2 Å². The van der Waals surface area contributed by atoms with Gasteiger partial charge in [-0.25, -0.2) is 4.79 Å². The van der Waals surface area contributed by atoms with Gasteiger partial charge in [0, 0.05) is 20.4 Å². The second kappa shape index (κ2) is 8.42. The number of fused-ring (bicyclic) bond motifs is 1. The number of carbonyl (C=O) groups excluding carboxylic acids is 1. The molecule has 0 radical (unpaired) electrons. The Kier molecular flexibility index (Phi) is 5.70. The Bertz CT molecular complexity index is 1320. The Labute approximate surface area is 186 Å². The quantitative estimate of drug-likeness (QED) is 0.422. The number of halogens is 2. The molecule has 150 valence electrons. The highest BCUT2D eigenvalue weighted by Gasteiger charge is 2.15. The Morgan fingerprint density at radius 2 is 1.87 bits per heavy atom. The number of aryl methyl sites for hydroxylation is 1. The smallest absolute Gasteiger partial charge is 0.324 e. The van der Waals surface area contributed by atoms with E-state index in [9.17, 15) is 9.59 Å². The van der Waals surface area contributed by atoms with Crippen LogP contribution in [0.2, 0.25) is 5.02 Å². The molecule has 0 aliphatic heterocycles. The zero-order chi connectivity index (χ0) is 21.3. The summed E-state index contributed by atoms with van der Waals surface area (Å²) in [6.45, 7) is 1.80. The summed E-state index contributed by atoms with van der Waals surface area (Å²) >= 11 is 9.66. The number of rotatable bonds is 4. The molecule has 1 N–H and O–H groups in total. The average Bonchev–Trinajstić information content (AvgIpc) is 2.72. The molecule has 0 spiro atoms. The van der Waals surface area contributed by atoms with E-state index in [0.29, 0.717) is 27.3 Å². The van der Waals surface area contributed by atoms with Crippen LogP contribution in [0, 0.1) is 6.92 Å². The highest BCUT2D eigenvalue weighted by atomic mass is 79.9. The van der Waals surface area contributed by atoms with E-state index in [4.69, 9.17) is 11.6 Å². The van der Waals surface area contributed by atoms with Crippen LogP contribution in [0.3, 0.4) is 0 Å². The Morgan fingerprint density at radius 3 is 2.60 bits per heavy atom. The number of carbonyl (C=O) groups is 1. The lowest BCUT2D eigenvalue weighted by Crippen LogP contribution is -2.30. The fourth-order valence-corrected chi connectivity index (χ4v) is 4.04. The normalized spacial score (nSPS) is 10.9. The highest BCUT2D eigenvalue weighted by Crippen LogP contribution is 2.28. The molecule has 0 bridgehead atoms. The fourth-order valence-electron chi connectivity index (χ4n) is 3.28. The fraction of sp³-hybridized carbons (Fsp3) is 0.0870. The SMILES string of the molecule is Cc1ccc(NC(=O)Cn2c(=O)nc(-c3ccccc3)c3cc(Cl)ccc32)c(Br)c1. The molecule has 0 aliphatic carbocycles. The molecule has 4 rings (SSSR count). The number of amides is 1. The monoisotopic (exact) mass is 481 g/mol. The Morgan fingerprint density at radius 1 is 1.10 bits per heavy atom. The topological polar surface area (TPSA) is 64.0 Å². The summed E-state index contributed by atoms with van der Waals surface area (Å²) in [4.78, 5) is 29.8. The number of benzene rings is 3. The Balaban J connectivity index is 1.75. The van der Waals surface area contributed by atoms with Gasteiger partial charge < -0.3 is 5.32 Å². The molecule has 3 aromatic carbocycles. The molecule has 1 amide bonds. The van der Waals surface area contributed by atoms with E-state index in [0.717, 1.165) is 15.6 Å². The largest absolute Gasteiger partial charge is 0.349 e. The zero-order valence-corrected chi connectivity index (χ0v) is 18.4. The van der Waals surface area contributed by atoms with Crippen molar-refractivity contribution in [2.75, 3.05) is 5.32 Å². The minimum absolute atomic E-state index is 0.167. The number of aromatic nitrogens is 2. The van der Waals surface area contributed by atoms with Gasteiger partial charge in [0.25, 0.3) is 0 Å². The molecule has 0 fully saturated rings. The average molecular weight is 483 g/mol. The van der Waals surface area contributed by atoms with E-state index in [1.165, 1.54) is 4.57 Å². The molecule has 0 saturated carbocycles. The number of hydrogen-bond donors (Lipinski definition) is 1. The number of hydrogen-bond acceptors (Lipinski definition) is 3. The van der Waals surface area contributed by atoms with Crippen LogP contribution >= 0.6 is 27.5 Å². The van der Waals surface area contributed by atoms with E-state index in [2.05, 4.69) is 26.2 Å². The first kappa shape index (κ1) is 20.3. The molecular weight excluding hydrogens is 466 g/mol. The van der Waals surface area contributed by atoms with Gasteiger partial charge in [-0.15, -0.1) is 0 Å². The van der Waals surface area contributed by atoms with Gasteiger partial charge in [0.1, 0.15) is 6.54 Å². The molecule has 0 unspecified atom stereocenters. The molecule has 0 saturated heterocycles. The van der Waals surface area contributed by atoms with Crippen molar-refractivity contribution in [2.45, 2.75) is 13.5 Å². The van der Waals surface area contributed by atoms with Crippen molar-refractivity contribution in [3.63, 3.8) is 0 Å². The van der Waals surface area contributed by atoms with E-state index < -0.39 is 5.69 Å². The van der Waals surface area contributed by atoms with Gasteiger partial charge in [0.2, 0.25) is 5.91 Å². The predicted molar refractivity (Wildman–Crippen MR) is 124 cm³/mol. The van der Waals surface area contributed by atoms with Gasteiger partial charge in [-0.05, 0) is 58.7 Å². The van der Waals surface area contributed by atoms with Crippen molar-refractivity contribution in [1.29, 1.82) is 0 Å². The zero-order valence-electron chi connectivity index (χ0n) is 16.0. The summed E-state index contributed by atoms with van der Waals surface area (Å²) in [5, 5.41) is 4.07. The van der Waals surface area contributed by atoms with Crippen molar-refractivity contribution in [3.05, 3.63) is 92.3 Å². The standard InChI is InChI=1S/C23H17BrClN3O2/c1-14-7-9-19(18(24)11-14)26-21(29)13-28-20-10-8-16(25)12-17(20)22(27-23(28)30)15-5-3-2-4-6-15/h2-12H,13H2,1H3,(H,26,29). The summed E-state index contributed by atoms with van der Waals surface area (Å²) in [7, 11) is 0. The van der Waals surface area contributed by atoms with Gasteiger partial charge in [-0.3, -0.25) is 9.36 Å². The minimum Gasteiger partial charge on any atom is -0.324 e. The van der Waals surface area contributed by atoms with Gasteiger partial charge in [-0.1, -0.05) is 48.0 Å². The van der Waals surface area contributed by atoms with Crippen LogP contribution < -0.4 is 11.0 Å². The third kappa shape index (κ3) is 4.15. The summed E-state index contributed by atoms with van der Waals surface area (Å²) in [6.07, 6.45) is 0. The summed E-state index contributed by atoms with van der Waals surface area (Å²) in [5.74, 6) is -0.327. The van der Waals surface area contributed by atoms with Crippen LogP contribution in [-0.2, 0) is 11.3 Å². The molecule has 1 aromatic heterocycles. The molecule has 4 aromatic rings. The van der Waals surface area contributed by atoms with Crippen LogP contribution in [0.1, 0.15) is 5.56 Å². The highest BCUT2D eigenvalue weighted by molar-refractivity contribution is 9.10. The number of nitrogens with zero attached hydrogens (tertiary/aromatic N) is 2. The summed E-state index contributed by atoms with van der Waals surface area (Å²) < 4.78 is 2.13. The molecule has 30 heavy (non-hydrogen) atoms. The predicted octanol–water partition coefficient (Wildman–Crippen LogP) is 5.43. The molecule has 5 nitrogen and oxygen atoms in total. The van der Waals surface area contributed by atoms with Crippen LogP contribution in [0.5, 0.6) is 0 Å². The third-order valence-electron chi connectivity index (χ3n) is 4.69. The van der Waals surface area contributed by atoms with Crippen molar-refractivity contribution in [3.8, 4) is 11.3 Å². The van der Waals surface area contributed by atoms with Crippen LogP contribution in [0.15, 0.2) is 76.0 Å². The van der Waals surface area contributed by atoms with Gasteiger partial charge >= 0.3 is 5.69 Å². The maximum Gasteiger partial charge on any atom is 0.349 e. The first-order valence-electron chi connectivity index (χ1n) is 9.24. The van der Waals surface area contributed by atoms with Crippen molar-refractivity contribution < 1.29 is 4.79 Å². The van der Waals surface area contributed by atoms with Gasteiger partial charge in [-0.2, -0.15) is 4.98 Å². The van der Waals surface area contributed by atoms with Crippen molar-refractivity contribution >= 4 is 50.0 Å². The molecular formula is C23H17BrClN3O2. The maximum atomic E-state index is 12.8. The van der Waals surface area contributed by atoms with Gasteiger partial charge in [0.05, 0.1) is 16.9 Å². The minimum atomic E-state index is -0.498. The number of anilines is 1. The van der Waals surface area contributed by atoms with Crippen molar-refractivity contribution in [1.82, 2.24) is 9.55 Å². The Hall–Kier alpha value is -2.96. The third-order valence-corrected chi connectivity index (χ3v) is 5.58. The first-order chi connectivity index (χ1) is 14.4. The van der Waals surface area contributed by atoms with Crippen molar-refractivity contribution in [2.24, 2.45) is 0 Å². The van der Waals surface area contributed by atoms with Crippen LogP contribution in [0.25, 0.3) is 22.2 Å². The van der Waals surface area contributed by atoms with Crippen LogP contribution in [-0.4, -0.2) is 15.5 Å². The molecule has 0 atom stereocenters. The van der Waals surface area contributed by atoms with E-state index in [-0.39, 0.29) is 12.5 Å². The van der Waals surface area contributed by atoms with E-state index >= 15 is 0 Å². The number of nitrogens with one attached hydrogen (secondary N) is 1. The molecule has 0 aliphatic rings. The van der Waals surface area contributed by atoms with Gasteiger partial charge in [0.15, 0.2) is 0 Å². The van der Waals surface area contributed by atoms with E-state index in [1.807, 2.05) is 55.5 Å². The lowest BCUT2D eigenvalue weighted by atomic mass is 10.1. The summed E-state index contributed by atoms with van der Waals surface area (Å²) in [6, 6.07) is 20.2. The lowest BCUT2D eigenvalue weighted by Gasteiger charge is -2.14. The molecule has 1 heterocycles. The maximum absolute atomic E-state index is 12.8. The lowest BCUT2D eigenvalue weighted by molar-refractivity contribution is -0.116.